The average molecular weight is 264 g/mol. The molecule has 1 fully saturated rings. The zero-order chi connectivity index (χ0) is 13.0. The van der Waals surface area contributed by atoms with E-state index in [2.05, 4.69) is 11.9 Å². The summed E-state index contributed by atoms with van der Waals surface area (Å²) in [6, 6.07) is 7.66. The molecular weight excluding hydrogens is 246 g/mol. The van der Waals surface area contributed by atoms with Crippen LogP contribution < -0.4 is 5.32 Å². The lowest BCUT2D eigenvalue weighted by molar-refractivity contribution is -0.126. The van der Waals surface area contributed by atoms with E-state index < -0.39 is 0 Å². The molecule has 2 nitrogen and oxygen atoms in total. The minimum absolute atomic E-state index is 0.113. The molecule has 1 saturated carbocycles. The summed E-state index contributed by atoms with van der Waals surface area (Å²) in [4.78, 5) is 12.4. The number of halogens is 1. The third kappa shape index (κ3) is 2.44. The van der Waals surface area contributed by atoms with Crippen LogP contribution in [0.25, 0.3) is 0 Å². The summed E-state index contributed by atoms with van der Waals surface area (Å²) >= 11 is 5.91. The monoisotopic (exact) mass is 263 g/mol. The van der Waals surface area contributed by atoms with E-state index in [0.29, 0.717) is 11.6 Å². The second kappa shape index (κ2) is 5.57. The highest BCUT2D eigenvalue weighted by atomic mass is 35.5. The molecule has 0 unspecified atom stereocenters. The SMILES string of the molecule is C=CCNC(=O)C1(c2ccc(Cl)cc2)CCCC1. The standard InChI is InChI=1S/C15H18ClNO/c1-2-11-17-14(18)15(9-3-4-10-15)12-5-7-13(16)8-6-12/h2,5-8H,1,3-4,9-11H2,(H,17,18). The molecule has 0 bridgehead atoms. The van der Waals surface area contributed by atoms with Gasteiger partial charge >= 0.3 is 0 Å². The highest BCUT2D eigenvalue weighted by Crippen LogP contribution is 2.41. The molecule has 0 aliphatic heterocycles. The zero-order valence-corrected chi connectivity index (χ0v) is 11.2. The smallest absolute Gasteiger partial charge is 0.230 e. The van der Waals surface area contributed by atoms with Crippen LogP contribution in [-0.4, -0.2) is 12.5 Å². The molecular formula is C15H18ClNO. The first-order chi connectivity index (χ1) is 8.69. The van der Waals surface area contributed by atoms with Gasteiger partial charge in [0.25, 0.3) is 0 Å². The Morgan fingerprint density at radius 3 is 2.50 bits per heavy atom. The fourth-order valence-electron chi connectivity index (χ4n) is 2.73. The summed E-state index contributed by atoms with van der Waals surface area (Å²) in [5.41, 5.74) is 0.708. The molecule has 1 aliphatic carbocycles. The van der Waals surface area contributed by atoms with E-state index in [1.165, 1.54) is 0 Å². The van der Waals surface area contributed by atoms with Gasteiger partial charge in [-0.25, -0.2) is 0 Å². The van der Waals surface area contributed by atoms with E-state index >= 15 is 0 Å². The van der Waals surface area contributed by atoms with Crippen LogP contribution in [0.3, 0.4) is 0 Å². The molecule has 0 radical (unpaired) electrons. The van der Waals surface area contributed by atoms with E-state index in [0.717, 1.165) is 31.2 Å². The van der Waals surface area contributed by atoms with E-state index in [4.69, 9.17) is 11.6 Å². The molecule has 1 aliphatic rings. The summed E-state index contributed by atoms with van der Waals surface area (Å²) in [6.07, 6.45) is 5.74. The molecule has 2 rings (SSSR count). The van der Waals surface area contributed by atoms with E-state index in [1.54, 1.807) is 6.08 Å². The molecule has 1 aromatic rings. The number of hydrogen-bond acceptors (Lipinski definition) is 1. The van der Waals surface area contributed by atoms with Gasteiger partial charge in [-0.3, -0.25) is 4.79 Å². The van der Waals surface area contributed by atoms with Gasteiger partial charge in [0.15, 0.2) is 0 Å². The van der Waals surface area contributed by atoms with Crippen molar-refractivity contribution in [2.24, 2.45) is 0 Å². The molecule has 0 heterocycles. The van der Waals surface area contributed by atoms with Gasteiger partial charge in [-0.2, -0.15) is 0 Å². The molecule has 0 saturated heterocycles. The van der Waals surface area contributed by atoms with Crippen molar-refractivity contribution in [2.75, 3.05) is 6.54 Å². The molecule has 1 amide bonds. The van der Waals surface area contributed by atoms with Crippen molar-refractivity contribution >= 4 is 17.5 Å². The largest absolute Gasteiger partial charge is 0.352 e. The van der Waals surface area contributed by atoms with Crippen molar-refractivity contribution in [3.63, 3.8) is 0 Å². The summed E-state index contributed by atoms with van der Waals surface area (Å²) in [7, 11) is 0. The van der Waals surface area contributed by atoms with E-state index in [1.807, 2.05) is 24.3 Å². The van der Waals surface area contributed by atoms with Crippen LogP contribution in [-0.2, 0) is 10.2 Å². The van der Waals surface area contributed by atoms with Crippen molar-refractivity contribution < 1.29 is 4.79 Å². The molecule has 1 N–H and O–H groups in total. The quantitative estimate of drug-likeness (QED) is 0.829. The first-order valence-electron chi connectivity index (χ1n) is 6.34. The van der Waals surface area contributed by atoms with Crippen molar-refractivity contribution in [3.8, 4) is 0 Å². The first-order valence-corrected chi connectivity index (χ1v) is 6.72. The highest BCUT2D eigenvalue weighted by Gasteiger charge is 2.42. The number of amides is 1. The number of nitrogens with one attached hydrogen (secondary N) is 1. The lowest BCUT2D eigenvalue weighted by Gasteiger charge is -2.28. The van der Waals surface area contributed by atoms with Gasteiger partial charge in [0.2, 0.25) is 5.91 Å². The van der Waals surface area contributed by atoms with Crippen molar-refractivity contribution in [3.05, 3.63) is 47.5 Å². The van der Waals surface area contributed by atoms with E-state index in [-0.39, 0.29) is 11.3 Å². The molecule has 0 aromatic heterocycles. The third-order valence-corrected chi connectivity index (χ3v) is 3.95. The van der Waals surface area contributed by atoms with Crippen LogP contribution in [0.2, 0.25) is 5.02 Å². The maximum atomic E-state index is 12.4. The second-order valence-corrected chi connectivity index (χ2v) is 5.23. The Kier molecular flexibility index (Phi) is 4.07. The Morgan fingerprint density at radius 2 is 1.94 bits per heavy atom. The van der Waals surface area contributed by atoms with Crippen molar-refractivity contribution in [1.82, 2.24) is 5.32 Å². The number of benzene rings is 1. The van der Waals surface area contributed by atoms with Gasteiger partial charge < -0.3 is 5.32 Å². The molecule has 96 valence electrons. The average Bonchev–Trinajstić information content (AvgIpc) is 2.87. The Hall–Kier alpha value is -1.28. The molecule has 0 atom stereocenters. The maximum Gasteiger partial charge on any atom is 0.230 e. The van der Waals surface area contributed by atoms with Gasteiger partial charge in [-0.05, 0) is 30.5 Å². The Bertz CT molecular complexity index is 432. The fourth-order valence-corrected chi connectivity index (χ4v) is 2.85. The summed E-state index contributed by atoms with van der Waals surface area (Å²) in [5, 5.41) is 3.65. The first kappa shape index (κ1) is 13.2. The highest BCUT2D eigenvalue weighted by molar-refractivity contribution is 6.30. The lowest BCUT2D eigenvalue weighted by Crippen LogP contribution is -2.42. The van der Waals surface area contributed by atoms with Gasteiger partial charge in [-0.15, -0.1) is 6.58 Å². The molecule has 18 heavy (non-hydrogen) atoms. The van der Waals surface area contributed by atoms with Crippen LogP contribution in [0.4, 0.5) is 0 Å². The summed E-state index contributed by atoms with van der Waals surface area (Å²) < 4.78 is 0. The van der Waals surface area contributed by atoms with Gasteiger partial charge in [-0.1, -0.05) is 42.7 Å². The van der Waals surface area contributed by atoms with Crippen molar-refractivity contribution in [2.45, 2.75) is 31.1 Å². The normalized spacial score (nSPS) is 17.4. The second-order valence-electron chi connectivity index (χ2n) is 4.79. The van der Waals surface area contributed by atoms with E-state index in [9.17, 15) is 4.79 Å². The molecule has 3 heteroatoms. The van der Waals surface area contributed by atoms with Crippen LogP contribution in [0, 0.1) is 0 Å². The lowest BCUT2D eigenvalue weighted by atomic mass is 9.78. The Labute approximate surface area is 113 Å². The predicted octanol–water partition coefficient (Wildman–Crippen LogP) is 3.45. The molecule has 0 spiro atoms. The maximum absolute atomic E-state index is 12.4. The van der Waals surface area contributed by atoms with Gasteiger partial charge in [0.05, 0.1) is 5.41 Å². The summed E-state index contributed by atoms with van der Waals surface area (Å²) in [5.74, 6) is 0.113. The van der Waals surface area contributed by atoms with Crippen LogP contribution >= 0.6 is 11.6 Å². The number of hydrogen-bond donors (Lipinski definition) is 1. The Balaban J connectivity index is 2.28. The minimum Gasteiger partial charge on any atom is -0.352 e. The van der Waals surface area contributed by atoms with Gasteiger partial charge in [0, 0.05) is 11.6 Å². The molecule has 1 aromatic carbocycles. The van der Waals surface area contributed by atoms with Crippen LogP contribution in [0.15, 0.2) is 36.9 Å². The van der Waals surface area contributed by atoms with Crippen LogP contribution in [0.5, 0.6) is 0 Å². The van der Waals surface area contributed by atoms with Crippen LogP contribution in [0.1, 0.15) is 31.2 Å². The third-order valence-electron chi connectivity index (χ3n) is 3.70. The fraction of sp³-hybridized carbons (Fsp3) is 0.400. The van der Waals surface area contributed by atoms with Crippen molar-refractivity contribution in [1.29, 1.82) is 0 Å². The zero-order valence-electron chi connectivity index (χ0n) is 10.4. The van der Waals surface area contributed by atoms with Gasteiger partial charge in [0.1, 0.15) is 0 Å². The topological polar surface area (TPSA) is 29.1 Å². The summed E-state index contributed by atoms with van der Waals surface area (Å²) in [6.45, 7) is 4.16. The predicted molar refractivity (Wildman–Crippen MR) is 74.8 cm³/mol. The number of carbonyl (C=O) groups is 1. The number of rotatable bonds is 4. The minimum atomic E-state index is -0.367. The number of carbonyl (C=O) groups excluding carboxylic acids is 1. The Morgan fingerprint density at radius 1 is 1.33 bits per heavy atom.